The molecule has 2 heterocycles. The zero-order valence-electron chi connectivity index (χ0n) is 14.5. The van der Waals surface area contributed by atoms with Crippen molar-refractivity contribution in [3.05, 3.63) is 85.3 Å². The number of fused-ring (bicyclic) bond motifs is 1. The van der Waals surface area contributed by atoms with Crippen LogP contribution in [0.4, 0.5) is 17.3 Å². The van der Waals surface area contributed by atoms with Gasteiger partial charge in [0.2, 0.25) is 11.6 Å². The van der Waals surface area contributed by atoms with Crippen LogP contribution in [-0.2, 0) is 6.54 Å². The van der Waals surface area contributed by atoms with E-state index in [9.17, 15) is 0 Å². The molecule has 0 bridgehead atoms. The van der Waals surface area contributed by atoms with E-state index < -0.39 is 0 Å². The van der Waals surface area contributed by atoms with Gasteiger partial charge in [0.25, 0.3) is 0 Å². The SMILES string of the molecule is [C-]#[N+]c1cnc(Nc2cc(-c3ccccc3)c3ncn(CC=C)c3c2)nc1. The monoisotopic (exact) mass is 352 g/mol. The zero-order valence-corrected chi connectivity index (χ0v) is 14.5. The zero-order chi connectivity index (χ0) is 18.6. The Morgan fingerprint density at radius 3 is 2.59 bits per heavy atom. The fourth-order valence-electron chi connectivity index (χ4n) is 2.93. The summed E-state index contributed by atoms with van der Waals surface area (Å²) in [7, 11) is 0. The van der Waals surface area contributed by atoms with Crippen LogP contribution in [0, 0.1) is 6.57 Å². The van der Waals surface area contributed by atoms with Crippen molar-refractivity contribution >= 4 is 28.4 Å². The van der Waals surface area contributed by atoms with Crippen molar-refractivity contribution in [3.8, 4) is 11.1 Å². The quantitative estimate of drug-likeness (QED) is 0.407. The maximum Gasteiger partial charge on any atom is 0.224 e. The first-order valence-corrected chi connectivity index (χ1v) is 8.40. The lowest BCUT2D eigenvalue weighted by Crippen LogP contribution is -1.98. The minimum Gasteiger partial charge on any atom is -0.327 e. The highest BCUT2D eigenvalue weighted by Gasteiger charge is 2.12. The second-order valence-corrected chi connectivity index (χ2v) is 5.94. The van der Waals surface area contributed by atoms with Crippen LogP contribution < -0.4 is 5.32 Å². The van der Waals surface area contributed by atoms with E-state index in [-0.39, 0.29) is 0 Å². The van der Waals surface area contributed by atoms with Gasteiger partial charge in [-0.2, -0.15) is 0 Å². The minimum atomic E-state index is 0.407. The van der Waals surface area contributed by atoms with E-state index in [0.29, 0.717) is 18.2 Å². The molecule has 0 atom stereocenters. The first kappa shape index (κ1) is 16.5. The minimum absolute atomic E-state index is 0.407. The van der Waals surface area contributed by atoms with Crippen molar-refractivity contribution in [2.24, 2.45) is 0 Å². The van der Waals surface area contributed by atoms with Gasteiger partial charge in [-0.1, -0.05) is 36.4 Å². The molecule has 0 fully saturated rings. The topological polar surface area (TPSA) is 60.0 Å². The third kappa shape index (κ3) is 3.26. The lowest BCUT2D eigenvalue weighted by atomic mass is 10.0. The Balaban J connectivity index is 1.83. The number of nitrogens with zero attached hydrogens (tertiary/aromatic N) is 5. The summed E-state index contributed by atoms with van der Waals surface area (Å²) < 4.78 is 2.04. The molecule has 130 valence electrons. The van der Waals surface area contributed by atoms with Gasteiger partial charge < -0.3 is 9.88 Å². The van der Waals surface area contributed by atoms with Crippen LogP contribution >= 0.6 is 0 Å². The predicted molar refractivity (Wildman–Crippen MR) is 107 cm³/mol. The largest absolute Gasteiger partial charge is 0.327 e. The van der Waals surface area contributed by atoms with Crippen LogP contribution in [0.2, 0.25) is 0 Å². The molecule has 0 saturated heterocycles. The Bertz CT molecular complexity index is 1140. The lowest BCUT2D eigenvalue weighted by molar-refractivity contribution is 0.851. The third-order valence-corrected chi connectivity index (χ3v) is 4.16. The molecule has 0 saturated carbocycles. The molecule has 2 aromatic carbocycles. The molecule has 0 aliphatic rings. The van der Waals surface area contributed by atoms with Gasteiger partial charge in [-0.3, -0.25) is 0 Å². The van der Waals surface area contributed by atoms with Crippen LogP contribution in [0.5, 0.6) is 0 Å². The number of aromatic nitrogens is 4. The summed E-state index contributed by atoms with van der Waals surface area (Å²) in [6.07, 6.45) is 6.67. The van der Waals surface area contributed by atoms with E-state index in [4.69, 9.17) is 6.57 Å². The van der Waals surface area contributed by atoms with Gasteiger partial charge in [0.05, 0.1) is 23.9 Å². The van der Waals surface area contributed by atoms with E-state index in [1.54, 1.807) is 0 Å². The van der Waals surface area contributed by atoms with Gasteiger partial charge in [-0.15, -0.1) is 6.58 Å². The van der Waals surface area contributed by atoms with E-state index in [1.807, 2.05) is 47.3 Å². The van der Waals surface area contributed by atoms with E-state index in [2.05, 4.69) is 43.8 Å². The number of imidazole rings is 1. The highest BCUT2D eigenvalue weighted by Crippen LogP contribution is 2.32. The summed E-state index contributed by atoms with van der Waals surface area (Å²) in [4.78, 5) is 16.3. The highest BCUT2D eigenvalue weighted by atomic mass is 15.1. The number of hydrogen-bond acceptors (Lipinski definition) is 4. The average Bonchev–Trinajstić information content (AvgIpc) is 3.12. The van der Waals surface area contributed by atoms with Gasteiger partial charge in [-0.25, -0.2) is 19.8 Å². The number of anilines is 2. The smallest absolute Gasteiger partial charge is 0.224 e. The number of rotatable bonds is 5. The molecule has 0 amide bonds. The molecule has 1 N–H and O–H groups in total. The Hall–Kier alpha value is -3.98. The first-order chi connectivity index (χ1) is 13.3. The fourth-order valence-corrected chi connectivity index (χ4v) is 2.93. The van der Waals surface area contributed by atoms with Crippen LogP contribution in [0.1, 0.15) is 0 Å². The molecule has 0 radical (unpaired) electrons. The van der Waals surface area contributed by atoms with Gasteiger partial charge in [0.1, 0.15) is 0 Å². The second kappa shape index (κ2) is 7.10. The van der Waals surface area contributed by atoms with Crippen LogP contribution in [0.15, 0.2) is 73.8 Å². The summed E-state index contributed by atoms with van der Waals surface area (Å²) in [5, 5.41) is 3.22. The molecule has 6 heteroatoms. The van der Waals surface area contributed by atoms with Crippen molar-refractivity contribution in [1.29, 1.82) is 0 Å². The molecule has 4 aromatic rings. The number of hydrogen-bond donors (Lipinski definition) is 1. The molecule has 4 rings (SSSR count). The van der Waals surface area contributed by atoms with Crippen LogP contribution in [0.3, 0.4) is 0 Å². The molecular weight excluding hydrogens is 336 g/mol. The number of nitrogens with one attached hydrogen (secondary N) is 1. The third-order valence-electron chi connectivity index (χ3n) is 4.16. The van der Waals surface area contributed by atoms with Crippen molar-refractivity contribution in [1.82, 2.24) is 19.5 Å². The number of benzene rings is 2. The molecule has 0 spiro atoms. The van der Waals surface area contributed by atoms with E-state index in [1.165, 1.54) is 12.4 Å². The summed E-state index contributed by atoms with van der Waals surface area (Å²) in [6.45, 7) is 11.5. The molecule has 0 aliphatic carbocycles. The molecule has 2 aromatic heterocycles. The van der Waals surface area contributed by atoms with Gasteiger partial charge in [0.15, 0.2) is 0 Å². The van der Waals surface area contributed by atoms with E-state index >= 15 is 0 Å². The first-order valence-electron chi connectivity index (χ1n) is 8.40. The average molecular weight is 352 g/mol. The standard InChI is InChI=1S/C21H16N6/c1-3-9-27-14-25-20-18(15-7-5-4-6-8-15)10-16(11-19(20)27)26-21-23-12-17(22-2)13-24-21/h3-8,10-14H,1,9H2,(H,23,24,26). The lowest BCUT2D eigenvalue weighted by Gasteiger charge is -2.10. The summed E-state index contributed by atoms with van der Waals surface area (Å²) >= 11 is 0. The van der Waals surface area contributed by atoms with Gasteiger partial charge >= 0.3 is 0 Å². The molecule has 0 unspecified atom stereocenters. The summed E-state index contributed by atoms with van der Waals surface area (Å²) in [5.74, 6) is 0.440. The highest BCUT2D eigenvalue weighted by molar-refractivity contribution is 5.95. The second-order valence-electron chi connectivity index (χ2n) is 5.94. The number of allylic oxidation sites excluding steroid dienone is 1. The van der Waals surface area contributed by atoms with Gasteiger partial charge in [-0.05, 0) is 17.7 Å². The van der Waals surface area contributed by atoms with Crippen molar-refractivity contribution < 1.29 is 0 Å². The Morgan fingerprint density at radius 2 is 1.89 bits per heavy atom. The molecule has 27 heavy (non-hydrogen) atoms. The van der Waals surface area contributed by atoms with Crippen LogP contribution in [0.25, 0.3) is 27.0 Å². The maximum atomic E-state index is 7.00. The Morgan fingerprint density at radius 1 is 1.11 bits per heavy atom. The predicted octanol–water partition coefficient (Wildman–Crippen LogP) is 4.97. The van der Waals surface area contributed by atoms with Gasteiger partial charge in [0, 0.05) is 30.2 Å². The molecular formula is C21H16N6. The van der Waals surface area contributed by atoms with Crippen molar-refractivity contribution in [2.75, 3.05) is 5.32 Å². The summed E-state index contributed by atoms with van der Waals surface area (Å²) in [5.41, 5.74) is 5.29. The van der Waals surface area contributed by atoms with Crippen molar-refractivity contribution in [2.45, 2.75) is 6.54 Å². The van der Waals surface area contributed by atoms with E-state index in [0.717, 1.165) is 27.8 Å². The molecule has 6 nitrogen and oxygen atoms in total. The maximum absolute atomic E-state index is 7.00. The van der Waals surface area contributed by atoms with Crippen LogP contribution in [-0.4, -0.2) is 19.5 Å². The summed E-state index contributed by atoms with van der Waals surface area (Å²) in [6, 6.07) is 14.2. The Kier molecular flexibility index (Phi) is 4.33. The molecule has 0 aliphatic heterocycles. The Labute approximate surface area is 156 Å². The van der Waals surface area contributed by atoms with Crippen molar-refractivity contribution in [3.63, 3.8) is 0 Å². The fraction of sp³-hybridized carbons (Fsp3) is 0.0476. The normalized spacial score (nSPS) is 10.5.